The van der Waals surface area contributed by atoms with Gasteiger partial charge in [-0.15, -0.1) is 0 Å². The van der Waals surface area contributed by atoms with Crippen LogP contribution in [-0.4, -0.2) is 64.4 Å². The summed E-state index contributed by atoms with van der Waals surface area (Å²) in [7, 11) is 0.305. The van der Waals surface area contributed by atoms with Gasteiger partial charge < -0.3 is 9.80 Å². The van der Waals surface area contributed by atoms with E-state index in [1.165, 1.54) is 6.92 Å². The van der Waals surface area contributed by atoms with Gasteiger partial charge in [0.2, 0.25) is 15.9 Å². The molecule has 0 atom stereocenters. The highest BCUT2D eigenvalue weighted by Crippen LogP contribution is 2.15. The second-order valence-corrected chi connectivity index (χ2v) is 7.71. The molecule has 0 aliphatic rings. The predicted octanol–water partition coefficient (Wildman–Crippen LogP) is 0.992. The number of carbonyl (C=O) groups is 1. The highest BCUT2D eigenvalue weighted by molar-refractivity contribution is 7.89. The fourth-order valence-electron chi connectivity index (χ4n) is 2.24. The van der Waals surface area contributed by atoms with Crippen LogP contribution in [-0.2, 0) is 14.8 Å². The molecule has 0 aromatic heterocycles. The number of nitrogens with zero attached hydrogens (tertiary/aromatic N) is 2. The highest BCUT2D eigenvalue weighted by atomic mass is 32.2. The lowest BCUT2D eigenvalue weighted by molar-refractivity contribution is -0.128. The summed E-state index contributed by atoms with van der Waals surface area (Å²) in [4.78, 5) is 15.5. The summed E-state index contributed by atoms with van der Waals surface area (Å²) >= 11 is 0. The Morgan fingerprint density at radius 2 is 1.78 bits per heavy atom. The van der Waals surface area contributed by atoms with E-state index in [-0.39, 0.29) is 17.3 Å². The number of carbonyl (C=O) groups excluding carboxylic acids is 1. The second-order valence-electron chi connectivity index (χ2n) is 5.98. The van der Waals surface area contributed by atoms with Crippen LogP contribution in [0.1, 0.15) is 18.1 Å². The van der Waals surface area contributed by atoms with E-state index in [1.54, 1.807) is 24.0 Å². The Hall–Kier alpha value is -1.44. The maximum atomic E-state index is 12.4. The van der Waals surface area contributed by atoms with Gasteiger partial charge in [0, 0.05) is 33.1 Å². The van der Waals surface area contributed by atoms with Crippen molar-refractivity contribution in [2.24, 2.45) is 0 Å². The average Bonchev–Trinajstić information content (AvgIpc) is 2.41. The molecule has 23 heavy (non-hydrogen) atoms. The molecule has 6 nitrogen and oxygen atoms in total. The van der Waals surface area contributed by atoms with Crippen LogP contribution < -0.4 is 4.72 Å². The first-order valence-corrected chi connectivity index (χ1v) is 9.09. The van der Waals surface area contributed by atoms with Crippen molar-refractivity contribution in [3.05, 3.63) is 29.3 Å². The molecule has 0 aliphatic heterocycles. The Bertz CT molecular complexity index is 642. The zero-order valence-corrected chi connectivity index (χ0v) is 15.4. The fraction of sp³-hybridized carbons (Fsp3) is 0.562. The lowest BCUT2D eigenvalue weighted by Gasteiger charge is -2.23. The minimum atomic E-state index is -3.56. The molecule has 0 aliphatic carbocycles. The standard InChI is InChI=1S/C16H27N3O3S/c1-13-6-7-16(14(2)12-13)23(21,22)17-8-9-19(15(3)20)11-10-18(4)5/h6-7,12,17H,8-11H2,1-5H3. The Kier molecular flexibility index (Phi) is 7.18. The molecule has 1 rings (SSSR count). The normalized spacial score (nSPS) is 11.7. The van der Waals surface area contributed by atoms with Gasteiger partial charge in [0.05, 0.1) is 4.90 Å². The number of nitrogens with one attached hydrogen (secondary N) is 1. The highest BCUT2D eigenvalue weighted by Gasteiger charge is 2.17. The van der Waals surface area contributed by atoms with E-state index < -0.39 is 10.0 Å². The summed E-state index contributed by atoms with van der Waals surface area (Å²) in [6, 6.07) is 5.23. The average molecular weight is 341 g/mol. The van der Waals surface area contributed by atoms with E-state index in [4.69, 9.17) is 0 Å². The Morgan fingerprint density at radius 1 is 1.13 bits per heavy atom. The largest absolute Gasteiger partial charge is 0.340 e. The van der Waals surface area contributed by atoms with Crippen molar-refractivity contribution in [3.63, 3.8) is 0 Å². The molecule has 1 aromatic carbocycles. The van der Waals surface area contributed by atoms with Gasteiger partial charge in [-0.2, -0.15) is 0 Å². The summed E-state index contributed by atoms with van der Waals surface area (Å²) in [6.07, 6.45) is 0. The summed E-state index contributed by atoms with van der Waals surface area (Å²) in [6.45, 7) is 7.06. The number of rotatable bonds is 8. The van der Waals surface area contributed by atoms with Crippen LogP contribution in [0.3, 0.4) is 0 Å². The lowest BCUT2D eigenvalue weighted by Crippen LogP contribution is -2.40. The minimum absolute atomic E-state index is 0.0578. The maximum absolute atomic E-state index is 12.4. The van der Waals surface area contributed by atoms with Gasteiger partial charge in [0.15, 0.2) is 0 Å². The number of amides is 1. The second kappa shape index (κ2) is 8.42. The number of aryl methyl sites for hydroxylation is 2. The molecule has 0 spiro atoms. The lowest BCUT2D eigenvalue weighted by atomic mass is 10.2. The van der Waals surface area contributed by atoms with Crippen LogP contribution in [0.4, 0.5) is 0 Å². The van der Waals surface area contributed by atoms with Crippen LogP contribution >= 0.6 is 0 Å². The van der Waals surface area contributed by atoms with Crippen molar-refractivity contribution in [1.29, 1.82) is 0 Å². The molecular formula is C16H27N3O3S. The molecule has 0 fully saturated rings. The van der Waals surface area contributed by atoms with Gasteiger partial charge in [0.25, 0.3) is 0 Å². The molecule has 1 amide bonds. The van der Waals surface area contributed by atoms with Crippen molar-refractivity contribution in [2.75, 3.05) is 40.3 Å². The molecule has 1 N–H and O–H groups in total. The number of hydrogen-bond donors (Lipinski definition) is 1. The molecule has 0 bridgehead atoms. The van der Waals surface area contributed by atoms with E-state index in [1.807, 2.05) is 32.0 Å². The van der Waals surface area contributed by atoms with Crippen LogP contribution in [0.15, 0.2) is 23.1 Å². The van der Waals surface area contributed by atoms with Gasteiger partial charge in [-0.05, 0) is 39.6 Å². The number of hydrogen-bond acceptors (Lipinski definition) is 4. The van der Waals surface area contributed by atoms with Crippen molar-refractivity contribution < 1.29 is 13.2 Å². The zero-order chi connectivity index (χ0) is 17.6. The molecule has 0 saturated heterocycles. The van der Waals surface area contributed by atoms with Crippen molar-refractivity contribution in [1.82, 2.24) is 14.5 Å². The third kappa shape index (κ3) is 6.29. The maximum Gasteiger partial charge on any atom is 0.240 e. The topological polar surface area (TPSA) is 69.7 Å². The van der Waals surface area contributed by atoms with Crippen LogP contribution in [0.5, 0.6) is 0 Å². The fourth-order valence-corrected chi connectivity index (χ4v) is 3.49. The van der Waals surface area contributed by atoms with Gasteiger partial charge in [-0.3, -0.25) is 4.79 Å². The number of sulfonamides is 1. The summed E-state index contributed by atoms with van der Waals surface area (Å²) in [5.74, 6) is -0.0578. The molecule has 7 heteroatoms. The summed E-state index contributed by atoms with van der Waals surface area (Å²) in [5, 5.41) is 0. The molecular weight excluding hydrogens is 314 g/mol. The Labute approximate surface area is 139 Å². The van der Waals surface area contributed by atoms with Crippen LogP contribution in [0.2, 0.25) is 0 Å². The first-order valence-electron chi connectivity index (χ1n) is 7.60. The van der Waals surface area contributed by atoms with Crippen LogP contribution in [0.25, 0.3) is 0 Å². The summed E-state index contributed by atoms with van der Waals surface area (Å²) < 4.78 is 27.3. The van der Waals surface area contributed by atoms with Crippen molar-refractivity contribution in [2.45, 2.75) is 25.7 Å². The van der Waals surface area contributed by atoms with E-state index in [9.17, 15) is 13.2 Å². The molecule has 0 heterocycles. The Balaban J connectivity index is 2.66. The van der Waals surface area contributed by atoms with E-state index in [0.29, 0.717) is 18.7 Å². The van der Waals surface area contributed by atoms with Gasteiger partial charge in [-0.1, -0.05) is 17.7 Å². The molecule has 0 radical (unpaired) electrons. The minimum Gasteiger partial charge on any atom is -0.340 e. The van der Waals surface area contributed by atoms with Crippen molar-refractivity contribution in [3.8, 4) is 0 Å². The van der Waals surface area contributed by atoms with Gasteiger partial charge in [0.1, 0.15) is 0 Å². The third-order valence-electron chi connectivity index (χ3n) is 3.56. The summed E-state index contributed by atoms with van der Waals surface area (Å²) in [5.41, 5.74) is 1.74. The molecule has 0 saturated carbocycles. The smallest absolute Gasteiger partial charge is 0.240 e. The molecule has 1 aromatic rings. The van der Waals surface area contributed by atoms with Gasteiger partial charge in [-0.25, -0.2) is 13.1 Å². The van der Waals surface area contributed by atoms with E-state index >= 15 is 0 Å². The monoisotopic (exact) mass is 341 g/mol. The quantitative estimate of drug-likeness (QED) is 0.766. The first-order chi connectivity index (χ1) is 10.6. The van der Waals surface area contributed by atoms with Crippen LogP contribution in [0, 0.1) is 13.8 Å². The SMILES string of the molecule is CC(=O)N(CCNS(=O)(=O)c1ccc(C)cc1C)CCN(C)C. The number of benzene rings is 1. The molecule has 0 unspecified atom stereocenters. The number of likely N-dealkylation sites (N-methyl/N-ethyl adjacent to an activating group) is 1. The first kappa shape index (κ1) is 19.6. The molecule has 130 valence electrons. The van der Waals surface area contributed by atoms with Gasteiger partial charge >= 0.3 is 0 Å². The van der Waals surface area contributed by atoms with E-state index in [2.05, 4.69) is 4.72 Å². The predicted molar refractivity (Wildman–Crippen MR) is 91.9 cm³/mol. The third-order valence-corrected chi connectivity index (χ3v) is 5.18. The zero-order valence-electron chi connectivity index (χ0n) is 14.6. The van der Waals surface area contributed by atoms with E-state index in [0.717, 1.165) is 12.1 Å². The van der Waals surface area contributed by atoms with Crippen molar-refractivity contribution >= 4 is 15.9 Å². The Morgan fingerprint density at radius 3 is 2.30 bits per heavy atom.